The number of thiazole rings is 1. The van der Waals surface area contributed by atoms with Crippen LogP contribution >= 0.6 is 11.3 Å². The maximum atomic E-state index is 5.66. The normalized spacial score (nSPS) is 13.2. The molecular weight excluding hydrogens is 246 g/mol. The van der Waals surface area contributed by atoms with Gasteiger partial charge < -0.3 is 10.5 Å². The summed E-state index contributed by atoms with van der Waals surface area (Å²) in [5.74, 6) is 0.876. The summed E-state index contributed by atoms with van der Waals surface area (Å²) in [6.07, 6.45) is 0. The molecule has 0 bridgehead atoms. The number of methoxy groups -OCH3 is 1. The van der Waals surface area contributed by atoms with E-state index in [4.69, 9.17) is 10.5 Å². The molecular formula is C13H19N3OS. The second kappa shape index (κ2) is 5.65. The van der Waals surface area contributed by atoms with Gasteiger partial charge in [0.2, 0.25) is 0 Å². The molecule has 0 aliphatic carbocycles. The number of nitrogens with two attached hydrogens (primary N) is 1. The van der Waals surface area contributed by atoms with Crippen molar-refractivity contribution < 1.29 is 4.74 Å². The Kier molecular flexibility index (Phi) is 4.16. The third-order valence-corrected chi connectivity index (χ3v) is 4.12. The zero-order valence-electron chi connectivity index (χ0n) is 11.0. The number of hydrogen-bond donors (Lipinski definition) is 1. The molecule has 0 spiro atoms. The fourth-order valence-electron chi connectivity index (χ4n) is 1.70. The van der Waals surface area contributed by atoms with E-state index in [1.54, 1.807) is 18.4 Å². The second-order valence-electron chi connectivity index (χ2n) is 4.44. The van der Waals surface area contributed by atoms with Crippen LogP contribution in [0.3, 0.4) is 0 Å². The first-order valence-electron chi connectivity index (χ1n) is 5.97. The Morgan fingerprint density at radius 1 is 1.50 bits per heavy atom. The lowest BCUT2D eigenvalue weighted by Crippen LogP contribution is -2.34. The SMILES string of the molecule is COc1ccc2nc(CN(C)C(C)CN)sc2c1. The highest BCUT2D eigenvalue weighted by Gasteiger charge is 2.11. The predicted molar refractivity (Wildman–Crippen MR) is 76.2 cm³/mol. The van der Waals surface area contributed by atoms with Crippen LogP contribution in [0.5, 0.6) is 5.75 Å². The molecule has 4 nitrogen and oxygen atoms in total. The Morgan fingerprint density at radius 2 is 2.28 bits per heavy atom. The van der Waals surface area contributed by atoms with Crippen molar-refractivity contribution in [2.75, 3.05) is 20.7 Å². The number of rotatable bonds is 5. The molecule has 0 fully saturated rings. The highest BCUT2D eigenvalue weighted by atomic mass is 32.1. The van der Waals surface area contributed by atoms with Crippen LogP contribution in [0.25, 0.3) is 10.2 Å². The molecule has 1 heterocycles. The Bertz CT molecular complexity index is 526. The Hall–Kier alpha value is -1.17. The average Bonchev–Trinajstić information content (AvgIpc) is 2.78. The molecule has 0 saturated heterocycles. The lowest BCUT2D eigenvalue weighted by molar-refractivity contribution is 0.254. The summed E-state index contributed by atoms with van der Waals surface area (Å²) in [7, 11) is 3.75. The Morgan fingerprint density at radius 3 is 2.94 bits per heavy atom. The monoisotopic (exact) mass is 265 g/mol. The molecule has 0 amide bonds. The third kappa shape index (κ3) is 2.80. The van der Waals surface area contributed by atoms with Gasteiger partial charge in [-0.15, -0.1) is 11.3 Å². The summed E-state index contributed by atoms with van der Waals surface area (Å²) in [5, 5.41) is 1.11. The van der Waals surface area contributed by atoms with E-state index in [0.29, 0.717) is 12.6 Å². The topological polar surface area (TPSA) is 51.4 Å². The van der Waals surface area contributed by atoms with Crippen molar-refractivity contribution in [2.24, 2.45) is 5.73 Å². The molecule has 0 aliphatic rings. The van der Waals surface area contributed by atoms with Gasteiger partial charge in [-0.1, -0.05) is 0 Å². The standard InChI is InChI=1S/C13H19N3OS/c1-9(7-14)16(2)8-13-15-11-5-4-10(17-3)6-12(11)18-13/h4-6,9H,7-8,14H2,1-3H3. The van der Waals surface area contributed by atoms with E-state index < -0.39 is 0 Å². The number of hydrogen-bond acceptors (Lipinski definition) is 5. The van der Waals surface area contributed by atoms with Gasteiger partial charge in [0, 0.05) is 12.6 Å². The van der Waals surface area contributed by atoms with Gasteiger partial charge in [-0.2, -0.15) is 0 Å². The maximum absolute atomic E-state index is 5.66. The van der Waals surface area contributed by atoms with Gasteiger partial charge in [-0.05, 0) is 32.2 Å². The molecule has 1 unspecified atom stereocenters. The van der Waals surface area contributed by atoms with Crippen LogP contribution < -0.4 is 10.5 Å². The smallest absolute Gasteiger partial charge is 0.120 e. The maximum Gasteiger partial charge on any atom is 0.120 e. The van der Waals surface area contributed by atoms with Gasteiger partial charge in [-0.3, -0.25) is 4.90 Å². The van der Waals surface area contributed by atoms with Crippen LogP contribution in [0.15, 0.2) is 18.2 Å². The zero-order valence-corrected chi connectivity index (χ0v) is 11.8. The zero-order chi connectivity index (χ0) is 13.1. The Balaban J connectivity index is 2.19. The lowest BCUT2D eigenvalue weighted by Gasteiger charge is -2.21. The molecule has 5 heteroatoms. The van der Waals surface area contributed by atoms with Gasteiger partial charge in [0.25, 0.3) is 0 Å². The second-order valence-corrected chi connectivity index (χ2v) is 5.56. The molecule has 1 aromatic carbocycles. The van der Waals surface area contributed by atoms with Gasteiger partial charge in [0.1, 0.15) is 10.8 Å². The van der Waals surface area contributed by atoms with Crippen molar-refractivity contribution in [3.63, 3.8) is 0 Å². The summed E-state index contributed by atoms with van der Waals surface area (Å²) in [6, 6.07) is 6.34. The molecule has 2 N–H and O–H groups in total. The number of benzene rings is 1. The predicted octanol–water partition coefficient (Wildman–Crippen LogP) is 2.08. The molecule has 1 aromatic heterocycles. The van der Waals surface area contributed by atoms with Gasteiger partial charge in [0.05, 0.1) is 23.9 Å². The molecule has 0 radical (unpaired) electrons. The molecule has 18 heavy (non-hydrogen) atoms. The summed E-state index contributed by atoms with van der Waals surface area (Å²) < 4.78 is 6.39. The first kappa shape index (κ1) is 13.3. The fraction of sp³-hybridized carbons (Fsp3) is 0.462. The minimum absolute atomic E-state index is 0.367. The minimum Gasteiger partial charge on any atom is -0.497 e. The summed E-state index contributed by atoms with van der Waals surface area (Å²) >= 11 is 1.71. The highest BCUT2D eigenvalue weighted by molar-refractivity contribution is 7.18. The van der Waals surface area contributed by atoms with Crippen LogP contribution in [0, 0.1) is 0 Å². The summed E-state index contributed by atoms with van der Waals surface area (Å²) in [4.78, 5) is 6.84. The van der Waals surface area contributed by atoms with E-state index in [2.05, 4.69) is 23.9 Å². The fourth-order valence-corrected chi connectivity index (χ4v) is 2.76. The number of nitrogens with zero attached hydrogens (tertiary/aromatic N) is 2. The first-order chi connectivity index (χ1) is 8.63. The van der Waals surface area contributed by atoms with E-state index in [0.717, 1.165) is 27.5 Å². The molecule has 0 aliphatic heterocycles. The molecule has 2 aromatic rings. The number of fused-ring (bicyclic) bond motifs is 1. The van der Waals surface area contributed by atoms with Crippen LogP contribution in [0.4, 0.5) is 0 Å². The average molecular weight is 265 g/mol. The van der Waals surface area contributed by atoms with Crippen molar-refractivity contribution in [3.8, 4) is 5.75 Å². The summed E-state index contributed by atoms with van der Waals surface area (Å²) in [5.41, 5.74) is 6.70. The number of aromatic nitrogens is 1. The molecule has 98 valence electrons. The van der Waals surface area contributed by atoms with E-state index >= 15 is 0 Å². The van der Waals surface area contributed by atoms with Crippen LogP contribution in [-0.2, 0) is 6.54 Å². The van der Waals surface area contributed by atoms with Gasteiger partial charge in [0.15, 0.2) is 0 Å². The highest BCUT2D eigenvalue weighted by Crippen LogP contribution is 2.26. The van der Waals surface area contributed by atoms with Crippen molar-refractivity contribution in [2.45, 2.75) is 19.5 Å². The first-order valence-corrected chi connectivity index (χ1v) is 6.79. The van der Waals surface area contributed by atoms with E-state index in [9.17, 15) is 0 Å². The van der Waals surface area contributed by atoms with E-state index in [-0.39, 0.29) is 0 Å². The summed E-state index contributed by atoms with van der Waals surface area (Å²) in [6.45, 7) is 3.62. The van der Waals surface area contributed by atoms with Crippen LogP contribution in [0.2, 0.25) is 0 Å². The quantitative estimate of drug-likeness (QED) is 0.899. The van der Waals surface area contributed by atoms with Crippen molar-refractivity contribution in [1.29, 1.82) is 0 Å². The number of ether oxygens (including phenoxy) is 1. The van der Waals surface area contributed by atoms with E-state index in [1.165, 1.54) is 0 Å². The van der Waals surface area contributed by atoms with Gasteiger partial charge in [-0.25, -0.2) is 4.98 Å². The number of likely N-dealkylation sites (N-methyl/N-ethyl adjacent to an activating group) is 1. The lowest BCUT2D eigenvalue weighted by atomic mass is 10.3. The molecule has 0 saturated carbocycles. The third-order valence-electron chi connectivity index (χ3n) is 3.12. The largest absolute Gasteiger partial charge is 0.497 e. The van der Waals surface area contributed by atoms with Gasteiger partial charge >= 0.3 is 0 Å². The van der Waals surface area contributed by atoms with Crippen molar-refractivity contribution >= 4 is 21.6 Å². The van der Waals surface area contributed by atoms with Crippen molar-refractivity contribution in [1.82, 2.24) is 9.88 Å². The molecule has 2 rings (SSSR count). The minimum atomic E-state index is 0.367. The van der Waals surface area contributed by atoms with Crippen LogP contribution in [0.1, 0.15) is 11.9 Å². The van der Waals surface area contributed by atoms with Crippen molar-refractivity contribution in [3.05, 3.63) is 23.2 Å². The Labute approximate surface area is 111 Å². The van der Waals surface area contributed by atoms with Crippen LogP contribution in [-0.4, -0.2) is 36.6 Å². The van der Waals surface area contributed by atoms with E-state index in [1.807, 2.05) is 18.2 Å². The molecule has 1 atom stereocenters.